The summed E-state index contributed by atoms with van der Waals surface area (Å²) in [6, 6.07) is 8.45. The van der Waals surface area contributed by atoms with Gasteiger partial charge in [-0.05, 0) is 36.8 Å². The fourth-order valence-corrected chi connectivity index (χ4v) is 3.58. The summed E-state index contributed by atoms with van der Waals surface area (Å²) in [5, 5.41) is 0.384. The summed E-state index contributed by atoms with van der Waals surface area (Å²) in [7, 11) is 0. The van der Waals surface area contributed by atoms with Crippen molar-refractivity contribution in [2.75, 3.05) is 19.8 Å². The van der Waals surface area contributed by atoms with Gasteiger partial charge >= 0.3 is 5.97 Å². The van der Waals surface area contributed by atoms with Gasteiger partial charge in [-0.2, -0.15) is 0 Å². The largest absolute Gasteiger partial charge is 0.486 e. The number of ether oxygens (including phenoxy) is 3. The number of esters is 1. The molecule has 2 aromatic rings. The molecule has 0 atom stereocenters. The monoisotopic (exact) mass is 415 g/mol. The highest BCUT2D eigenvalue weighted by Crippen LogP contribution is 2.38. The summed E-state index contributed by atoms with van der Waals surface area (Å²) in [6.07, 6.45) is -0.0945. The molecule has 0 N–H and O–H groups in total. The molecule has 2 aliphatic heterocycles. The number of aryl methyl sites for hydroxylation is 1. The van der Waals surface area contributed by atoms with Crippen LogP contribution in [0.25, 0.3) is 0 Å². The lowest BCUT2D eigenvalue weighted by molar-refractivity contribution is -0.145. The minimum absolute atomic E-state index is 0.00347. The summed E-state index contributed by atoms with van der Waals surface area (Å²) in [5.41, 5.74) is 2.28. The van der Waals surface area contributed by atoms with Gasteiger partial charge in [0, 0.05) is 6.54 Å². The minimum atomic E-state index is -0.524. The van der Waals surface area contributed by atoms with Crippen LogP contribution in [0.15, 0.2) is 30.3 Å². The lowest BCUT2D eigenvalue weighted by Gasteiger charge is -2.20. The predicted octanol–water partition coefficient (Wildman–Crippen LogP) is 3.15. The molecule has 2 aliphatic rings. The molecule has 7 nitrogen and oxygen atoms in total. The lowest BCUT2D eigenvalue weighted by Crippen LogP contribution is -2.32. The van der Waals surface area contributed by atoms with E-state index in [1.54, 1.807) is 30.3 Å². The highest BCUT2D eigenvalue weighted by Gasteiger charge is 2.35. The van der Waals surface area contributed by atoms with Crippen LogP contribution in [0.2, 0.25) is 5.02 Å². The number of hydrogen-bond donors (Lipinski definition) is 0. The third kappa shape index (κ3) is 3.78. The lowest BCUT2D eigenvalue weighted by atomic mass is 10.1. The zero-order valence-electron chi connectivity index (χ0n) is 15.7. The van der Waals surface area contributed by atoms with Crippen LogP contribution in [0.5, 0.6) is 11.5 Å². The SMILES string of the molecule is Cc1ccc2c(c1)C(=O)N(CCC(=O)OCc1cc(Cl)c3c(c1)OCCO3)C2=O. The van der Waals surface area contributed by atoms with Crippen molar-refractivity contribution in [2.24, 2.45) is 0 Å². The van der Waals surface area contributed by atoms with Crippen LogP contribution < -0.4 is 9.47 Å². The van der Waals surface area contributed by atoms with Gasteiger partial charge in [0.05, 0.1) is 22.6 Å². The smallest absolute Gasteiger partial charge is 0.307 e. The molecule has 0 aromatic heterocycles. The zero-order chi connectivity index (χ0) is 20.5. The van der Waals surface area contributed by atoms with Crippen molar-refractivity contribution in [3.05, 3.63) is 57.6 Å². The van der Waals surface area contributed by atoms with Gasteiger partial charge in [0.2, 0.25) is 0 Å². The highest BCUT2D eigenvalue weighted by molar-refractivity contribution is 6.32. The third-order valence-corrected chi connectivity index (χ3v) is 5.00. The van der Waals surface area contributed by atoms with Gasteiger partial charge in [-0.15, -0.1) is 0 Å². The van der Waals surface area contributed by atoms with E-state index in [2.05, 4.69) is 0 Å². The number of amides is 2. The molecular formula is C21H18ClNO6. The number of halogens is 1. The Labute approximate surface area is 172 Å². The van der Waals surface area contributed by atoms with E-state index in [1.807, 2.05) is 6.92 Å². The van der Waals surface area contributed by atoms with Crippen molar-refractivity contribution < 1.29 is 28.6 Å². The number of hydrogen-bond acceptors (Lipinski definition) is 6. The molecule has 0 radical (unpaired) electrons. The van der Waals surface area contributed by atoms with Gasteiger partial charge in [0.15, 0.2) is 11.5 Å². The van der Waals surface area contributed by atoms with E-state index in [-0.39, 0.29) is 25.5 Å². The second kappa shape index (κ2) is 7.75. The molecule has 29 heavy (non-hydrogen) atoms. The van der Waals surface area contributed by atoms with Crippen molar-refractivity contribution in [3.8, 4) is 11.5 Å². The third-order valence-electron chi connectivity index (χ3n) is 4.72. The van der Waals surface area contributed by atoms with Crippen LogP contribution in [-0.2, 0) is 16.1 Å². The molecule has 0 fully saturated rings. The fraction of sp³-hybridized carbons (Fsp3) is 0.286. The summed E-state index contributed by atoms with van der Waals surface area (Å²) >= 11 is 6.17. The van der Waals surface area contributed by atoms with Gasteiger partial charge in [0.25, 0.3) is 11.8 Å². The predicted molar refractivity (Wildman–Crippen MR) is 103 cm³/mol. The maximum atomic E-state index is 12.4. The zero-order valence-corrected chi connectivity index (χ0v) is 16.5. The summed E-state index contributed by atoms with van der Waals surface area (Å²) in [5.74, 6) is -0.315. The molecule has 0 aliphatic carbocycles. The molecule has 4 rings (SSSR count). The molecule has 0 saturated heterocycles. The van der Waals surface area contributed by atoms with Gasteiger partial charge < -0.3 is 14.2 Å². The molecule has 2 amide bonds. The number of imide groups is 1. The Hall–Kier alpha value is -3.06. The quantitative estimate of drug-likeness (QED) is 0.551. The Kier molecular flexibility index (Phi) is 5.15. The fourth-order valence-electron chi connectivity index (χ4n) is 3.29. The van der Waals surface area contributed by atoms with Crippen LogP contribution >= 0.6 is 11.6 Å². The molecule has 2 heterocycles. The van der Waals surface area contributed by atoms with Gasteiger partial charge in [-0.25, -0.2) is 0 Å². The van der Waals surface area contributed by atoms with Gasteiger partial charge in [-0.1, -0.05) is 23.2 Å². The summed E-state index contributed by atoms with van der Waals surface area (Å²) < 4.78 is 16.2. The van der Waals surface area contributed by atoms with Crippen molar-refractivity contribution in [1.29, 1.82) is 0 Å². The average Bonchev–Trinajstić information content (AvgIpc) is 2.94. The van der Waals surface area contributed by atoms with Gasteiger partial charge in [-0.3, -0.25) is 19.3 Å². The van der Waals surface area contributed by atoms with E-state index in [9.17, 15) is 14.4 Å². The first-order valence-electron chi connectivity index (χ1n) is 9.14. The van der Waals surface area contributed by atoms with Gasteiger partial charge in [0.1, 0.15) is 19.8 Å². The second-order valence-electron chi connectivity index (χ2n) is 6.82. The van der Waals surface area contributed by atoms with Crippen LogP contribution in [0.3, 0.4) is 0 Å². The Morgan fingerprint density at radius 2 is 1.86 bits per heavy atom. The molecule has 0 bridgehead atoms. The standard InChI is InChI=1S/C21H18ClNO6/c1-12-2-3-14-15(8-12)21(26)23(20(14)25)5-4-18(24)29-11-13-9-16(22)19-17(10-13)27-6-7-28-19/h2-3,8-10H,4-7,11H2,1H3. The van der Waals surface area contributed by atoms with Crippen molar-refractivity contribution in [3.63, 3.8) is 0 Å². The second-order valence-corrected chi connectivity index (χ2v) is 7.23. The normalized spacial score (nSPS) is 14.8. The Bertz CT molecular complexity index is 1020. The molecule has 8 heteroatoms. The first-order valence-corrected chi connectivity index (χ1v) is 9.52. The maximum absolute atomic E-state index is 12.4. The van der Waals surface area contributed by atoms with Crippen LogP contribution in [-0.4, -0.2) is 42.4 Å². The van der Waals surface area contributed by atoms with E-state index in [4.69, 9.17) is 25.8 Å². The number of nitrogens with zero attached hydrogens (tertiary/aromatic N) is 1. The Morgan fingerprint density at radius 1 is 1.10 bits per heavy atom. The summed E-state index contributed by atoms with van der Waals surface area (Å²) in [6.45, 7) is 2.66. The highest BCUT2D eigenvalue weighted by atomic mass is 35.5. The van der Waals surface area contributed by atoms with Crippen LogP contribution in [0.4, 0.5) is 0 Å². The number of rotatable bonds is 5. The average molecular weight is 416 g/mol. The van der Waals surface area contributed by atoms with Crippen molar-refractivity contribution in [2.45, 2.75) is 20.0 Å². The topological polar surface area (TPSA) is 82.1 Å². The minimum Gasteiger partial charge on any atom is -0.486 e. The maximum Gasteiger partial charge on any atom is 0.307 e. The van der Waals surface area contributed by atoms with E-state index >= 15 is 0 Å². The molecule has 150 valence electrons. The van der Waals surface area contributed by atoms with E-state index < -0.39 is 11.9 Å². The molecule has 0 saturated carbocycles. The van der Waals surface area contributed by atoms with Crippen LogP contribution in [0.1, 0.15) is 38.3 Å². The number of benzene rings is 2. The number of carbonyl (C=O) groups is 3. The van der Waals surface area contributed by atoms with E-state index in [0.717, 1.165) is 10.5 Å². The van der Waals surface area contributed by atoms with E-state index in [0.29, 0.717) is 46.4 Å². The Morgan fingerprint density at radius 3 is 2.69 bits per heavy atom. The first kappa shape index (κ1) is 19.3. The molecule has 0 spiro atoms. The molecule has 0 unspecified atom stereocenters. The van der Waals surface area contributed by atoms with E-state index in [1.165, 1.54) is 0 Å². The molecular weight excluding hydrogens is 398 g/mol. The number of fused-ring (bicyclic) bond motifs is 2. The summed E-state index contributed by atoms with van der Waals surface area (Å²) in [4.78, 5) is 38.0. The first-order chi connectivity index (χ1) is 13.9. The van der Waals surface area contributed by atoms with Crippen molar-refractivity contribution >= 4 is 29.4 Å². The number of carbonyl (C=O) groups excluding carboxylic acids is 3. The van der Waals surface area contributed by atoms with Crippen LogP contribution in [0, 0.1) is 6.92 Å². The van der Waals surface area contributed by atoms with Crippen molar-refractivity contribution in [1.82, 2.24) is 4.90 Å². The molecule has 2 aromatic carbocycles. The Balaban J connectivity index is 1.34.